The summed E-state index contributed by atoms with van der Waals surface area (Å²) in [5.41, 5.74) is 10.2. The van der Waals surface area contributed by atoms with Crippen LogP contribution in [-0.2, 0) is 23.7 Å². The number of carbonyl (C=O) groups is 3. The van der Waals surface area contributed by atoms with E-state index in [2.05, 4.69) is 35.6 Å². The van der Waals surface area contributed by atoms with Gasteiger partial charge < -0.3 is 51.7 Å². The molecule has 21 nitrogen and oxygen atoms in total. The van der Waals surface area contributed by atoms with Crippen molar-refractivity contribution in [1.29, 1.82) is 0 Å². The first-order chi connectivity index (χ1) is 22.4. The number of aliphatic imine (C=N–C) groups is 1. The zero-order chi connectivity index (χ0) is 35.1. The van der Waals surface area contributed by atoms with Crippen LogP contribution in [0.4, 0.5) is 23.1 Å². The van der Waals surface area contributed by atoms with Gasteiger partial charge in [0.1, 0.15) is 29.7 Å². The molecular formula is C26H34N11O10P. The minimum atomic E-state index is -4.86. The van der Waals surface area contributed by atoms with Crippen molar-refractivity contribution in [3.8, 4) is 0 Å². The molecule has 1 fully saturated rings. The minimum Gasteiger partial charge on any atom is -0.397 e. The van der Waals surface area contributed by atoms with Crippen LogP contribution in [0.2, 0.25) is 0 Å². The van der Waals surface area contributed by atoms with Gasteiger partial charge in [-0.1, -0.05) is 0 Å². The summed E-state index contributed by atoms with van der Waals surface area (Å²) in [6.45, 7) is 1.60. The molecule has 258 valence electrons. The highest BCUT2D eigenvalue weighted by atomic mass is 31.2. The summed E-state index contributed by atoms with van der Waals surface area (Å²) in [5, 5.41) is 26.5. The highest BCUT2D eigenvalue weighted by molar-refractivity contribution is 7.51. The monoisotopic (exact) mass is 691 g/mol. The Balaban J connectivity index is 1.21. The lowest BCUT2D eigenvalue weighted by Gasteiger charge is -2.32. The summed E-state index contributed by atoms with van der Waals surface area (Å²) in [6.07, 6.45) is -3.73. The number of nitrogens with two attached hydrogens (primary N) is 2. The third-order valence-corrected chi connectivity index (χ3v) is 8.37. The summed E-state index contributed by atoms with van der Waals surface area (Å²) in [6, 6.07) is 1.55. The van der Waals surface area contributed by atoms with Crippen molar-refractivity contribution in [2.24, 2.45) is 4.99 Å². The first-order valence-electron chi connectivity index (χ1n) is 14.4. The fourth-order valence-corrected chi connectivity index (χ4v) is 6.04. The molecule has 0 aromatic carbocycles. The maximum absolute atomic E-state index is 13.0. The Bertz CT molecular complexity index is 1900. The number of hydrogen-bond acceptors (Lipinski definition) is 15. The van der Waals surface area contributed by atoms with Crippen LogP contribution in [0.1, 0.15) is 32.9 Å². The predicted molar refractivity (Wildman–Crippen MR) is 168 cm³/mol. The molecule has 2 aliphatic heterocycles. The van der Waals surface area contributed by atoms with E-state index in [1.54, 1.807) is 19.9 Å². The van der Waals surface area contributed by atoms with E-state index in [0.29, 0.717) is 21.8 Å². The summed E-state index contributed by atoms with van der Waals surface area (Å²) in [4.78, 5) is 89.6. The molecule has 3 aromatic heterocycles. The number of pyridine rings is 1. The number of hydrogen-bond donors (Lipinski definition) is 9. The van der Waals surface area contributed by atoms with Crippen molar-refractivity contribution >= 4 is 65.2 Å². The Morgan fingerprint density at radius 3 is 2.62 bits per heavy atom. The van der Waals surface area contributed by atoms with Crippen molar-refractivity contribution in [1.82, 2.24) is 34.7 Å². The first kappa shape index (κ1) is 34.5. The largest absolute Gasteiger partial charge is 0.397 e. The molecule has 3 aromatic rings. The van der Waals surface area contributed by atoms with Gasteiger partial charge in [0.2, 0.25) is 11.9 Å². The standard InChI is InChI=1S/C26H34N11O10P/c1-26(2)19(32-16-20(35-26)33-25(28)34-22(16)42)23(43)30-7-14(39)36(10-48(44,45)46)8-11(38)3-4-13-17(40)18(41)24(47-13)37-9-31-15-12(27)5-6-29-21(15)37/h5-6,9,13,17-18,24,40-41H,3-4,7-8,10H2,1-2H3,(H2,27,29)(H,30,43)(H2,44,45,46)(H4,28,33,34,35,42)/t13-,17?,18+,24-/m1/s1. The number of nitrogen functional groups attached to an aromatic ring is 2. The van der Waals surface area contributed by atoms with E-state index in [9.17, 15) is 43.7 Å². The zero-order valence-electron chi connectivity index (χ0n) is 25.6. The molecule has 0 aliphatic carbocycles. The van der Waals surface area contributed by atoms with Gasteiger partial charge >= 0.3 is 7.60 Å². The van der Waals surface area contributed by atoms with E-state index in [4.69, 9.17) is 16.2 Å². The first-order valence-corrected chi connectivity index (χ1v) is 16.2. The second-order valence-electron chi connectivity index (χ2n) is 11.8. The quantitative estimate of drug-likeness (QED) is 0.0955. The van der Waals surface area contributed by atoms with Crippen LogP contribution < -0.4 is 27.7 Å². The number of carbonyl (C=O) groups excluding carboxylic acids is 3. The minimum absolute atomic E-state index is 0.0400. The number of imidazole rings is 1. The SMILES string of the molecule is CC1(C)Nc2nc(N)[nH]c(=O)c2N=C1C(=O)NCC(=O)N(CC(=O)CC[C@H]1O[C@@H](n2cnc3c(N)ccnc32)[C@@H](O)C1O)CP(=O)(O)O. The Morgan fingerprint density at radius 1 is 1.19 bits per heavy atom. The average molecular weight is 692 g/mol. The molecule has 11 N–H and O–H groups in total. The Hall–Kier alpha value is -4.79. The highest BCUT2D eigenvalue weighted by Gasteiger charge is 2.44. The number of anilines is 3. The number of ether oxygens (including phenoxy) is 1. The molecule has 2 aliphatic rings. The fraction of sp³-hybridized carbons (Fsp3) is 0.462. The number of aliphatic hydroxyl groups is 2. The van der Waals surface area contributed by atoms with Crippen LogP contribution in [0.25, 0.3) is 11.2 Å². The average Bonchev–Trinajstić information content (AvgIpc) is 3.53. The fourth-order valence-electron chi connectivity index (χ4n) is 5.34. The lowest BCUT2D eigenvalue weighted by molar-refractivity contribution is -0.135. The van der Waals surface area contributed by atoms with Crippen molar-refractivity contribution in [3.63, 3.8) is 0 Å². The molecule has 2 amide bonds. The van der Waals surface area contributed by atoms with Crippen molar-refractivity contribution in [3.05, 3.63) is 28.9 Å². The van der Waals surface area contributed by atoms with Crippen molar-refractivity contribution in [2.45, 2.75) is 56.8 Å². The number of ketones is 1. The highest BCUT2D eigenvalue weighted by Crippen LogP contribution is 2.36. The van der Waals surface area contributed by atoms with E-state index in [1.165, 1.54) is 17.1 Å². The van der Waals surface area contributed by atoms with Gasteiger partial charge in [0.15, 0.2) is 29.2 Å². The normalized spacial score (nSPS) is 21.7. The third-order valence-electron chi connectivity index (χ3n) is 7.66. The molecule has 5 heterocycles. The number of aliphatic hydroxyl groups excluding tert-OH is 2. The molecule has 0 spiro atoms. The molecule has 0 radical (unpaired) electrons. The van der Waals surface area contributed by atoms with Gasteiger partial charge in [-0.2, -0.15) is 4.98 Å². The van der Waals surface area contributed by atoms with E-state index in [1.807, 2.05) is 0 Å². The molecule has 48 heavy (non-hydrogen) atoms. The van der Waals surface area contributed by atoms with Crippen molar-refractivity contribution < 1.29 is 43.7 Å². The predicted octanol–water partition coefficient (Wildman–Crippen LogP) is -2.30. The van der Waals surface area contributed by atoms with Crippen LogP contribution in [0, 0.1) is 0 Å². The third kappa shape index (κ3) is 7.20. The van der Waals surface area contributed by atoms with Crippen LogP contribution in [0.15, 0.2) is 28.4 Å². The second kappa shape index (κ2) is 13.0. The maximum atomic E-state index is 13.0. The molecular weight excluding hydrogens is 657 g/mol. The number of nitrogens with one attached hydrogen (secondary N) is 3. The number of aromatic nitrogens is 5. The summed E-state index contributed by atoms with van der Waals surface area (Å²) in [5.74, 6) is -2.66. The van der Waals surface area contributed by atoms with E-state index in [-0.39, 0.29) is 36.0 Å². The summed E-state index contributed by atoms with van der Waals surface area (Å²) < 4.78 is 19.0. The number of fused-ring (bicyclic) bond motifs is 2. The van der Waals surface area contributed by atoms with E-state index >= 15 is 0 Å². The molecule has 22 heteroatoms. The van der Waals surface area contributed by atoms with E-state index in [0.717, 1.165) is 0 Å². The number of amides is 2. The van der Waals surface area contributed by atoms with E-state index < -0.39 is 80.2 Å². The Labute approximate surface area is 270 Å². The number of Topliss-reactive ketones (excluding diaryl/α,β-unsaturated/α-hetero) is 1. The molecule has 5 rings (SSSR count). The lowest BCUT2D eigenvalue weighted by atomic mass is 9.95. The molecule has 0 saturated carbocycles. The number of aromatic amines is 1. The molecule has 0 bridgehead atoms. The van der Waals surface area contributed by atoms with Crippen LogP contribution in [-0.4, -0.2) is 116 Å². The van der Waals surface area contributed by atoms with Crippen LogP contribution in [0.3, 0.4) is 0 Å². The van der Waals surface area contributed by atoms with Crippen LogP contribution in [0.5, 0.6) is 0 Å². The molecule has 1 unspecified atom stereocenters. The number of nitrogens with zero attached hydrogens (tertiary/aromatic N) is 6. The van der Waals surface area contributed by atoms with Gasteiger partial charge in [0.05, 0.1) is 36.7 Å². The van der Waals surface area contributed by atoms with Gasteiger partial charge in [0, 0.05) is 12.6 Å². The summed E-state index contributed by atoms with van der Waals surface area (Å²) in [7, 11) is -4.86. The summed E-state index contributed by atoms with van der Waals surface area (Å²) >= 11 is 0. The number of rotatable bonds is 11. The Morgan fingerprint density at radius 2 is 1.92 bits per heavy atom. The zero-order valence-corrected chi connectivity index (χ0v) is 26.5. The van der Waals surface area contributed by atoms with Gasteiger partial charge in [0.25, 0.3) is 11.5 Å². The topological polar surface area (TPSA) is 327 Å². The number of H-pyrrole nitrogens is 1. The Kier molecular flexibility index (Phi) is 9.37. The molecule has 4 atom stereocenters. The lowest BCUT2D eigenvalue weighted by Crippen LogP contribution is -2.52. The van der Waals surface area contributed by atoms with Gasteiger partial charge in [-0.3, -0.25) is 33.3 Å². The second-order valence-corrected chi connectivity index (χ2v) is 13.4. The van der Waals surface area contributed by atoms with Crippen LogP contribution >= 0.6 is 7.60 Å². The maximum Gasteiger partial charge on any atom is 0.344 e. The van der Waals surface area contributed by atoms with Crippen molar-refractivity contribution in [2.75, 3.05) is 36.2 Å². The van der Waals surface area contributed by atoms with Gasteiger partial charge in [-0.25, -0.2) is 15.0 Å². The molecule has 1 saturated heterocycles. The van der Waals surface area contributed by atoms with Gasteiger partial charge in [-0.15, -0.1) is 0 Å². The van der Waals surface area contributed by atoms with Gasteiger partial charge in [-0.05, 0) is 26.3 Å². The smallest absolute Gasteiger partial charge is 0.344 e.